The quantitative estimate of drug-likeness (QED) is 0.640. The number of benzene rings is 1. The number of aromatic nitrogens is 5. The number of hydrogen-bond acceptors (Lipinski definition) is 7. The van der Waals surface area contributed by atoms with E-state index >= 15 is 0 Å². The topological polar surface area (TPSA) is 78.9 Å². The van der Waals surface area contributed by atoms with Gasteiger partial charge in [-0.15, -0.1) is 10.2 Å². The van der Waals surface area contributed by atoms with Gasteiger partial charge < -0.3 is 13.8 Å². The number of rotatable bonds is 6. The lowest BCUT2D eigenvalue weighted by Crippen LogP contribution is -2.04. The average molecular weight is 338 g/mol. The minimum Gasteiger partial charge on any atom is -0.486 e. The number of hydrogen-bond donors (Lipinski definition) is 0. The molecule has 0 amide bonds. The zero-order valence-corrected chi connectivity index (χ0v) is 13.2. The Morgan fingerprint density at radius 1 is 1.27 bits per heavy atom. The first-order chi connectivity index (χ1) is 10.7. The number of thioether (sulfide) groups is 1. The molecule has 0 spiro atoms. The van der Waals surface area contributed by atoms with Gasteiger partial charge >= 0.3 is 0 Å². The van der Waals surface area contributed by atoms with Crippen LogP contribution in [0.25, 0.3) is 0 Å². The minimum absolute atomic E-state index is 0.327. The van der Waals surface area contributed by atoms with Crippen LogP contribution in [0.2, 0.25) is 5.02 Å². The molecule has 0 aliphatic rings. The molecule has 2 heterocycles. The Balaban J connectivity index is 1.59. The summed E-state index contributed by atoms with van der Waals surface area (Å²) in [5, 5.41) is 13.4. The molecular formula is C13H12ClN5O2S. The maximum atomic E-state index is 5.83. The first-order valence-electron chi connectivity index (χ1n) is 6.37. The summed E-state index contributed by atoms with van der Waals surface area (Å²) in [6.07, 6.45) is 1.30. The second-order valence-electron chi connectivity index (χ2n) is 4.34. The first-order valence-corrected chi connectivity index (χ1v) is 7.73. The van der Waals surface area contributed by atoms with Crippen LogP contribution in [0.1, 0.15) is 11.6 Å². The maximum Gasteiger partial charge on any atom is 0.213 e. The van der Waals surface area contributed by atoms with Crippen molar-refractivity contribution in [1.29, 1.82) is 0 Å². The predicted octanol–water partition coefficient (Wildman–Crippen LogP) is 2.72. The van der Waals surface area contributed by atoms with E-state index in [1.54, 1.807) is 12.1 Å². The van der Waals surface area contributed by atoms with Crippen LogP contribution in [0.5, 0.6) is 5.75 Å². The third-order valence-electron chi connectivity index (χ3n) is 2.84. The van der Waals surface area contributed by atoms with Gasteiger partial charge in [0.05, 0.1) is 5.75 Å². The molecule has 1 aromatic carbocycles. The van der Waals surface area contributed by atoms with Gasteiger partial charge in [0, 0.05) is 12.1 Å². The van der Waals surface area contributed by atoms with E-state index in [-0.39, 0.29) is 0 Å². The summed E-state index contributed by atoms with van der Waals surface area (Å²) in [7, 11) is 1.89. The molecule has 114 valence electrons. The Bertz CT molecular complexity index is 729. The molecule has 0 unspecified atom stereocenters. The highest BCUT2D eigenvalue weighted by Crippen LogP contribution is 2.20. The van der Waals surface area contributed by atoms with Crippen molar-refractivity contribution < 1.29 is 9.26 Å². The second-order valence-corrected chi connectivity index (χ2v) is 5.72. The van der Waals surface area contributed by atoms with E-state index in [9.17, 15) is 0 Å². The molecule has 0 atom stereocenters. The van der Waals surface area contributed by atoms with Crippen LogP contribution in [0.4, 0.5) is 0 Å². The molecule has 3 rings (SSSR count). The van der Waals surface area contributed by atoms with E-state index in [2.05, 4.69) is 24.9 Å². The smallest absolute Gasteiger partial charge is 0.213 e. The Morgan fingerprint density at radius 3 is 2.82 bits per heavy atom. The van der Waals surface area contributed by atoms with Gasteiger partial charge in [-0.2, -0.15) is 4.98 Å². The summed E-state index contributed by atoms with van der Waals surface area (Å²) in [6, 6.07) is 7.18. The van der Waals surface area contributed by atoms with Gasteiger partial charge in [0.1, 0.15) is 12.4 Å². The Hall–Kier alpha value is -2.06. The van der Waals surface area contributed by atoms with Crippen LogP contribution in [-0.2, 0) is 19.4 Å². The van der Waals surface area contributed by atoms with Crippen LogP contribution < -0.4 is 4.74 Å². The highest BCUT2D eigenvalue weighted by atomic mass is 35.5. The third kappa shape index (κ3) is 3.58. The molecule has 0 radical (unpaired) electrons. The lowest BCUT2D eigenvalue weighted by atomic mass is 10.3. The van der Waals surface area contributed by atoms with Crippen molar-refractivity contribution >= 4 is 23.4 Å². The standard InChI is InChI=1S/C13H12ClN5O2S/c1-19-12(6-20-10-4-2-9(14)3-5-10)16-17-13(19)22-7-11-15-8-21-18-11/h2-5,8H,6-7H2,1H3. The summed E-state index contributed by atoms with van der Waals surface area (Å²) in [5.74, 6) is 2.64. The largest absolute Gasteiger partial charge is 0.486 e. The summed E-state index contributed by atoms with van der Waals surface area (Å²) < 4.78 is 12.2. The normalized spacial score (nSPS) is 10.8. The van der Waals surface area contributed by atoms with Crippen molar-refractivity contribution in [3.05, 3.63) is 47.3 Å². The lowest BCUT2D eigenvalue weighted by molar-refractivity contribution is 0.290. The fourth-order valence-corrected chi connectivity index (χ4v) is 2.57. The molecule has 9 heteroatoms. The molecule has 0 bridgehead atoms. The monoisotopic (exact) mass is 337 g/mol. The molecule has 0 saturated carbocycles. The molecule has 3 aromatic rings. The van der Waals surface area contributed by atoms with Crippen molar-refractivity contribution in [2.45, 2.75) is 17.5 Å². The SMILES string of the molecule is Cn1c(COc2ccc(Cl)cc2)nnc1SCc1ncon1. The number of nitrogens with zero attached hydrogens (tertiary/aromatic N) is 5. The lowest BCUT2D eigenvalue weighted by Gasteiger charge is -2.06. The fraction of sp³-hybridized carbons (Fsp3) is 0.231. The zero-order valence-electron chi connectivity index (χ0n) is 11.6. The molecule has 22 heavy (non-hydrogen) atoms. The van der Waals surface area contributed by atoms with Gasteiger partial charge in [-0.3, -0.25) is 0 Å². The summed E-state index contributed by atoms with van der Waals surface area (Å²) in [5.41, 5.74) is 0. The molecule has 0 N–H and O–H groups in total. The number of ether oxygens (including phenoxy) is 1. The van der Waals surface area contributed by atoms with Gasteiger partial charge in [0.15, 0.2) is 16.8 Å². The minimum atomic E-state index is 0.327. The van der Waals surface area contributed by atoms with Crippen LogP contribution in [0.15, 0.2) is 40.3 Å². The summed E-state index contributed by atoms with van der Waals surface area (Å²) in [4.78, 5) is 3.96. The van der Waals surface area contributed by atoms with Crippen LogP contribution in [-0.4, -0.2) is 24.9 Å². The second kappa shape index (κ2) is 6.80. The van der Waals surface area contributed by atoms with E-state index in [1.165, 1.54) is 18.2 Å². The first kappa shape index (κ1) is 14.9. The number of halogens is 1. The fourth-order valence-electron chi connectivity index (χ4n) is 1.66. The highest BCUT2D eigenvalue weighted by molar-refractivity contribution is 7.98. The van der Waals surface area contributed by atoms with Crippen molar-refractivity contribution in [2.75, 3.05) is 0 Å². The average Bonchev–Trinajstić information content (AvgIpc) is 3.15. The van der Waals surface area contributed by atoms with E-state index in [1.807, 2.05) is 23.7 Å². The Kier molecular flexibility index (Phi) is 4.59. The molecule has 0 fully saturated rings. The molecular weight excluding hydrogens is 326 g/mol. The van der Waals surface area contributed by atoms with E-state index in [0.717, 1.165) is 16.7 Å². The van der Waals surface area contributed by atoms with E-state index in [4.69, 9.17) is 16.3 Å². The van der Waals surface area contributed by atoms with Crippen molar-refractivity contribution in [1.82, 2.24) is 24.9 Å². The van der Waals surface area contributed by atoms with Gasteiger partial charge in [-0.05, 0) is 24.3 Å². The molecule has 0 aliphatic carbocycles. The van der Waals surface area contributed by atoms with Gasteiger partial charge in [-0.1, -0.05) is 28.5 Å². The van der Waals surface area contributed by atoms with Crippen LogP contribution in [0.3, 0.4) is 0 Å². The van der Waals surface area contributed by atoms with Gasteiger partial charge in [0.25, 0.3) is 0 Å². The highest BCUT2D eigenvalue weighted by Gasteiger charge is 2.11. The summed E-state index contributed by atoms with van der Waals surface area (Å²) >= 11 is 7.31. The van der Waals surface area contributed by atoms with Gasteiger partial charge in [-0.25, -0.2) is 0 Å². The van der Waals surface area contributed by atoms with E-state index in [0.29, 0.717) is 23.2 Å². The molecule has 2 aromatic heterocycles. The van der Waals surface area contributed by atoms with Gasteiger partial charge in [0.2, 0.25) is 6.39 Å². The zero-order chi connectivity index (χ0) is 15.4. The van der Waals surface area contributed by atoms with Crippen molar-refractivity contribution in [3.8, 4) is 5.75 Å². The van der Waals surface area contributed by atoms with Crippen molar-refractivity contribution in [2.24, 2.45) is 7.05 Å². The van der Waals surface area contributed by atoms with E-state index < -0.39 is 0 Å². The van der Waals surface area contributed by atoms with Crippen LogP contribution >= 0.6 is 23.4 Å². The van der Waals surface area contributed by atoms with Crippen molar-refractivity contribution in [3.63, 3.8) is 0 Å². The summed E-state index contributed by atoms with van der Waals surface area (Å²) in [6.45, 7) is 0.327. The third-order valence-corrected chi connectivity index (χ3v) is 4.11. The Labute approximate surface area is 135 Å². The molecule has 7 nitrogen and oxygen atoms in total. The van der Waals surface area contributed by atoms with Crippen LogP contribution in [0, 0.1) is 0 Å². The molecule has 0 saturated heterocycles. The molecule has 0 aliphatic heterocycles. The Morgan fingerprint density at radius 2 is 2.09 bits per heavy atom. The predicted molar refractivity (Wildman–Crippen MR) is 80.6 cm³/mol. The maximum absolute atomic E-state index is 5.83.